The number of carbonyl (C=O) groups excluding carboxylic acids is 1. The highest BCUT2D eigenvalue weighted by Gasteiger charge is 2.19. The minimum Gasteiger partial charge on any atom is -0.383 e. The summed E-state index contributed by atoms with van der Waals surface area (Å²) < 4.78 is 10.0. The van der Waals surface area contributed by atoms with Gasteiger partial charge in [0.2, 0.25) is 10.1 Å². The van der Waals surface area contributed by atoms with Crippen LogP contribution in [0.25, 0.3) is 0 Å². The molecule has 1 rings (SSSR count). The number of carbonyl (C=O) groups is 1. The van der Waals surface area contributed by atoms with Crippen molar-refractivity contribution in [3.63, 3.8) is 0 Å². The number of hydrogen-bond donors (Lipinski definition) is 1. The smallest absolute Gasteiger partial charge is 0.285 e. The number of aromatic nitrogens is 2. The van der Waals surface area contributed by atoms with Crippen molar-refractivity contribution in [1.82, 2.24) is 15.1 Å². The summed E-state index contributed by atoms with van der Waals surface area (Å²) in [6.07, 6.45) is 0. The monoisotopic (exact) mass is 288 g/mol. The molecule has 0 saturated carbocycles. The van der Waals surface area contributed by atoms with Crippen molar-refractivity contribution in [2.75, 3.05) is 52.4 Å². The Bertz CT molecular complexity index is 378. The maximum Gasteiger partial charge on any atom is 0.285 e. The highest BCUT2D eigenvalue weighted by molar-refractivity contribution is 7.17. The van der Waals surface area contributed by atoms with Gasteiger partial charge in [-0.1, -0.05) is 11.3 Å². The largest absolute Gasteiger partial charge is 0.383 e. The second-order valence-corrected chi connectivity index (χ2v) is 4.70. The number of hydrogen-bond acceptors (Lipinski definition) is 7. The van der Waals surface area contributed by atoms with Gasteiger partial charge in [-0.15, -0.1) is 10.2 Å². The third-order valence-electron chi connectivity index (χ3n) is 2.35. The van der Waals surface area contributed by atoms with Crippen LogP contribution in [0.1, 0.15) is 16.7 Å². The van der Waals surface area contributed by atoms with Crippen LogP contribution in [0.5, 0.6) is 0 Å². The van der Waals surface area contributed by atoms with Gasteiger partial charge >= 0.3 is 0 Å². The molecule has 7 nitrogen and oxygen atoms in total. The molecule has 0 aliphatic carbocycles. The molecule has 8 heteroatoms. The van der Waals surface area contributed by atoms with Gasteiger partial charge in [0.1, 0.15) is 0 Å². The molecule has 1 aromatic heterocycles. The lowest BCUT2D eigenvalue weighted by Gasteiger charge is -2.20. The molecular weight excluding hydrogens is 268 g/mol. The normalized spacial score (nSPS) is 10.5. The maximum atomic E-state index is 12.3. The van der Waals surface area contributed by atoms with Crippen LogP contribution in [-0.2, 0) is 9.47 Å². The molecule has 0 spiro atoms. The highest BCUT2D eigenvalue weighted by atomic mass is 32.1. The molecule has 0 radical (unpaired) electrons. The zero-order valence-corrected chi connectivity index (χ0v) is 12.3. The summed E-state index contributed by atoms with van der Waals surface area (Å²) in [5.41, 5.74) is 0. The first-order valence-corrected chi connectivity index (χ1v) is 6.89. The first-order valence-electron chi connectivity index (χ1n) is 6.07. The fraction of sp³-hybridized carbons (Fsp3) is 0.727. The zero-order chi connectivity index (χ0) is 14.1. The Morgan fingerprint density at radius 2 is 1.89 bits per heavy atom. The Balaban J connectivity index is 2.66. The molecule has 1 N–H and O–H groups in total. The minimum atomic E-state index is -0.143. The molecule has 0 aromatic carbocycles. The Morgan fingerprint density at radius 1 is 1.26 bits per heavy atom. The average molecular weight is 288 g/mol. The SMILES string of the molecule is CCNc1nnc(C(=O)N(CCOC)CCOC)s1. The molecule has 0 saturated heterocycles. The number of anilines is 1. The molecule has 1 heterocycles. The molecule has 0 fully saturated rings. The van der Waals surface area contributed by atoms with E-state index in [9.17, 15) is 4.79 Å². The van der Waals surface area contributed by atoms with Crippen LogP contribution < -0.4 is 5.32 Å². The quantitative estimate of drug-likeness (QED) is 0.721. The number of nitrogens with zero attached hydrogens (tertiary/aromatic N) is 3. The van der Waals surface area contributed by atoms with Gasteiger partial charge in [-0.3, -0.25) is 4.79 Å². The van der Waals surface area contributed by atoms with E-state index in [2.05, 4.69) is 15.5 Å². The molecule has 0 aliphatic rings. The van der Waals surface area contributed by atoms with Gasteiger partial charge in [0.05, 0.1) is 13.2 Å². The molecule has 108 valence electrons. The minimum absolute atomic E-state index is 0.143. The fourth-order valence-electron chi connectivity index (χ4n) is 1.39. The van der Waals surface area contributed by atoms with Crippen molar-refractivity contribution >= 4 is 22.4 Å². The summed E-state index contributed by atoms with van der Waals surface area (Å²) in [6.45, 7) is 4.69. The van der Waals surface area contributed by atoms with Gasteiger partial charge in [0, 0.05) is 33.9 Å². The highest BCUT2D eigenvalue weighted by Crippen LogP contribution is 2.16. The lowest BCUT2D eigenvalue weighted by Crippen LogP contribution is -2.36. The molecule has 1 aromatic rings. The van der Waals surface area contributed by atoms with Crippen LogP contribution in [0.15, 0.2) is 0 Å². The van der Waals surface area contributed by atoms with Gasteiger partial charge in [-0.2, -0.15) is 0 Å². The maximum absolute atomic E-state index is 12.3. The molecule has 19 heavy (non-hydrogen) atoms. The third kappa shape index (κ3) is 5.09. The number of nitrogens with one attached hydrogen (secondary N) is 1. The van der Waals surface area contributed by atoms with Crippen molar-refractivity contribution in [2.45, 2.75) is 6.92 Å². The first kappa shape index (κ1) is 15.8. The van der Waals surface area contributed by atoms with E-state index in [1.54, 1.807) is 19.1 Å². The summed E-state index contributed by atoms with van der Waals surface area (Å²) >= 11 is 1.25. The first-order chi connectivity index (χ1) is 9.22. The molecule has 1 amide bonds. The van der Waals surface area contributed by atoms with Gasteiger partial charge in [-0.25, -0.2) is 0 Å². The van der Waals surface area contributed by atoms with E-state index in [1.807, 2.05) is 6.92 Å². The van der Waals surface area contributed by atoms with E-state index < -0.39 is 0 Å². The molecule has 0 aliphatic heterocycles. The number of amides is 1. The van der Waals surface area contributed by atoms with E-state index in [0.29, 0.717) is 36.4 Å². The summed E-state index contributed by atoms with van der Waals surface area (Å²) in [4.78, 5) is 13.9. The molecule has 0 unspecified atom stereocenters. The van der Waals surface area contributed by atoms with Crippen LogP contribution in [0.2, 0.25) is 0 Å². The van der Waals surface area contributed by atoms with Gasteiger partial charge < -0.3 is 19.7 Å². The average Bonchev–Trinajstić information content (AvgIpc) is 2.87. The van der Waals surface area contributed by atoms with E-state index >= 15 is 0 Å². The Labute approximate surface area is 116 Å². The Hall–Kier alpha value is -1.25. The van der Waals surface area contributed by atoms with Gasteiger partial charge in [-0.05, 0) is 6.92 Å². The van der Waals surface area contributed by atoms with Crippen LogP contribution in [0.3, 0.4) is 0 Å². The molecule has 0 bridgehead atoms. The molecular formula is C11H20N4O3S. The summed E-state index contributed by atoms with van der Waals surface area (Å²) in [5, 5.41) is 11.9. The number of methoxy groups -OCH3 is 2. The van der Waals surface area contributed by atoms with Gasteiger partial charge in [0.15, 0.2) is 0 Å². The Morgan fingerprint density at radius 3 is 2.42 bits per heavy atom. The van der Waals surface area contributed by atoms with Crippen molar-refractivity contribution in [2.24, 2.45) is 0 Å². The second kappa shape index (κ2) is 8.78. The summed E-state index contributed by atoms with van der Waals surface area (Å²) in [5.74, 6) is -0.143. The second-order valence-electron chi connectivity index (χ2n) is 3.72. The standard InChI is InChI=1S/C11H20N4O3S/c1-4-12-11-14-13-9(19-11)10(16)15(5-7-17-2)6-8-18-3/h4-8H2,1-3H3,(H,12,14). The lowest BCUT2D eigenvalue weighted by molar-refractivity contribution is 0.0626. The van der Waals surface area contributed by atoms with Crippen LogP contribution in [0, 0.1) is 0 Å². The number of ether oxygens (including phenoxy) is 2. The molecule has 0 atom stereocenters. The van der Waals surface area contributed by atoms with Crippen molar-refractivity contribution in [1.29, 1.82) is 0 Å². The summed E-state index contributed by atoms with van der Waals surface area (Å²) in [6, 6.07) is 0. The number of rotatable bonds is 9. The predicted molar refractivity (Wildman–Crippen MR) is 73.7 cm³/mol. The predicted octanol–water partition coefficient (Wildman–Crippen LogP) is 0.705. The zero-order valence-electron chi connectivity index (χ0n) is 11.5. The van der Waals surface area contributed by atoms with Crippen molar-refractivity contribution < 1.29 is 14.3 Å². The van der Waals surface area contributed by atoms with Crippen molar-refractivity contribution in [3.05, 3.63) is 5.01 Å². The van der Waals surface area contributed by atoms with E-state index in [4.69, 9.17) is 9.47 Å². The topological polar surface area (TPSA) is 76.6 Å². The summed E-state index contributed by atoms with van der Waals surface area (Å²) in [7, 11) is 3.21. The van der Waals surface area contributed by atoms with E-state index in [1.165, 1.54) is 11.3 Å². The fourth-order valence-corrected chi connectivity index (χ4v) is 2.16. The van der Waals surface area contributed by atoms with Crippen molar-refractivity contribution in [3.8, 4) is 0 Å². The van der Waals surface area contributed by atoms with Crippen LogP contribution >= 0.6 is 11.3 Å². The van der Waals surface area contributed by atoms with E-state index in [0.717, 1.165) is 6.54 Å². The van der Waals surface area contributed by atoms with Crippen LogP contribution in [0.4, 0.5) is 5.13 Å². The third-order valence-corrected chi connectivity index (χ3v) is 3.22. The lowest BCUT2D eigenvalue weighted by atomic mass is 10.4. The van der Waals surface area contributed by atoms with E-state index in [-0.39, 0.29) is 5.91 Å². The van der Waals surface area contributed by atoms with Crippen LogP contribution in [-0.4, -0.2) is 68.1 Å². The van der Waals surface area contributed by atoms with Gasteiger partial charge in [0.25, 0.3) is 5.91 Å². The Kier molecular flexibility index (Phi) is 7.31.